The first kappa shape index (κ1) is 13.5. The average Bonchev–Trinajstić information content (AvgIpc) is 2.15. The monoisotopic (exact) mass is 272 g/mol. The number of carbonyl (C=O) groups excluding carboxylic acids is 1. The number of aliphatic carboxylic acids is 1. The summed E-state index contributed by atoms with van der Waals surface area (Å²) in [5.74, 6) is -1.67. The van der Waals surface area contributed by atoms with E-state index in [1.54, 1.807) is 0 Å². The van der Waals surface area contributed by atoms with Crippen LogP contribution in [0.4, 0.5) is 13.2 Å². The van der Waals surface area contributed by atoms with Gasteiger partial charge in [-0.2, -0.15) is 21.6 Å². The van der Waals surface area contributed by atoms with Gasteiger partial charge in [0.15, 0.2) is 0 Å². The van der Waals surface area contributed by atoms with Crippen LogP contribution in [0.25, 0.3) is 0 Å². The van der Waals surface area contributed by atoms with Gasteiger partial charge in [0.1, 0.15) is 0 Å². The van der Waals surface area contributed by atoms with Crippen LogP contribution in [0.15, 0.2) is 23.9 Å². The Hall–Kier alpha value is -1.55. The lowest BCUT2D eigenvalue weighted by Gasteiger charge is -2.22. The van der Waals surface area contributed by atoms with Crippen LogP contribution in [-0.4, -0.2) is 31.5 Å². The molecular weight excluding hydrogens is 267 g/mol. The molecule has 6 nitrogen and oxygen atoms in total. The van der Waals surface area contributed by atoms with E-state index in [9.17, 15) is 31.5 Å². The van der Waals surface area contributed by atoms with E-state index in [1.807, 2.05) is 0 Å². The van der Waals surface area contributed by atoms with E-state index in [0.29, 0.717) is 6.20 Å². The maximum absolute atomic E-state index is 11.9. The molecule has 1 heterocycles. The standard InChI is InChI=1S/C7H6F3NO5S/c8-7(9,10)17(14,15)16-11-3-1-2-5(4-11)6(12)13/h1-2,4H,3H2,(H,12,13)/p-1. The largest absolute Gasteiger partial charge is 0.545 e. The Labute approximate surface area is 93.7 Å². The van der Waals surface area contributed by atoms with Crippen LogP contribution in [-0.2, 0) is 19.2 Å². The Morgan fingerprint density at radius 3 is 2.53 bits per heavy atom. The van der Waals surface area contributed by atoms with E-state index in [2.05, 4.69) is 4.28 Å². The maximum Gasteiger partial charge on any atom is 0.525 e. The van der Waals surface area contributed by atoms with Crippen molar-refractivity contribution in [3.05, 3.63) is 23.9 Å². The van der Waals surface area contributed by atoms with Crippen molar-refractivity contribution in [3.8, 4) is 0 Å². The van der Waals surface area contributed by atoms with Gasteiger partial charge in [0.25, 0.3) is 0 Å². The van der Waals surface area contributed by atoms with E-state index in [1.165, 1.54) is 0 Å². The fourth-order valence-electron chi connectivity index (χ4n) is 0.875. The molecule has 0 aromatic carbocycles. The normalized spacial score (nSPS) is 16.9. The predicted molar refractivity (Wildman–Crippen MR) is 45.0 cm³/mol. The third-order valence-electron chi connectivity index (χ3n) is 1.58. The van der Waals surface area contributed by atoms with Crippen LogP contribution >= 0.6 is 0 Å². The van der Waals surface area contributed by atoms with Crippen molar-refractivity contribution >= 4 is 16.1 Å². The molecule has 0 spiro atoms. The Morgan fingerprint density at radius 1 is 1.47 bits per heavy atom. The van der Waals surface area contributed by atoms with E-state index in [0.717, 1.165) is 12.2 Å². The second-order valence-corrected chi connectivity index (χ2v) is 4.37. The van der Waals surface area contributed by atoms with Gasteiger partial charge in [0.2, 0.25) is 0 Å². The summed E-state index contributed by atoms with van der Waals surface area (Å²) in [6, 6.07) is 0. The molecule has 10 heteroatoms. The summed E-state index contributed by atoms with van der Waals surface area (Å²) in [5, 5.41) is 10.6. The third kappa shape index (κ3) is 3.20. The molecule has 0 atom stereocenters. The summed E-state index contributed by atoms with van der Waals surface area (Å²) in [4.78, 5) is 10.4. The Bertz CT molecular complexity index is 478. The first-order chi connectivity index (χ1) is 7.63. The Kier molecular flexibility index (Phi) is 3.48. The minimum atomic E-state index is -5.81. The van der Waals surface area contributed by atoms with Crippen molar-refractivity contribution in [1.82, 2.24) is 5.06 Å². The number of nitrogens with zero attached hydrogens (tertiary/aromatic N) is 1. The minimum Gasteiger partial charge on any atom is -0.545 e. The highest BCUT2D eigenvalue weighted by Gasteiger charge is 2.48. The van der Waals surface area contributed by atoms with Crippen LogP contribution < -0.4 is 5.11 Å². The number of hydrogen-bond acceptors (Lipinski definition) is 6. The lowest BCUT2D eigenvalue weighted by atomic mass is 10.2. The molecule has 0 aromatic rings. The quantitative estimate of drug-likeness (QED) is 0.630. The van der Waals surface area contributed by atoms with Crippen molar-refractivity contribution in [3.63, 3.8) is 0 Å². The Balaban J connectivity index is 2.86. The lowest BCUT2D eigenvalue weighted by Crippen LogP contribution is -2.34. The first-order valence-corrected chi connectivity index (χ1v) is 5.41. The molecule has 1 rings (SSSR count). The molecule has 0 saturated carbocycles. The predicted octanol–water partition coefficient (Wildman–Crippen LogP) is -0.727. The zero-order valence-electron chi connectivity index (χ0n) is 7.97. The number of carbonyl (C=O) groups is 1. The third-order valence-corrected chi connectivity index (χ3v) is 2.53. The van der Waals surface area contributed by atoms with Crippen LogP contribution in [0, 0.1) is 0 Å². The number of alkyl halides is 3. The van der Waals surface area contributed by atoms with Gasteiger partial charge in [-0.1, -0.05) is 12.2 Å². The zero-order valence-corrected chi connectivity index (χ0v) is 8.79. The molecule has 0 aromatic heterocycles. The number of hydrogen-bond donors (Lipinski definition) is 0. The van der Waals surface area contributed by atoms with Crippen LogP contribution in [0.5, 0.6) is 0 Å². The topological polar surface area (TPSA) is 86.7 Å². The maximum atomic E-state index is 11.9. The average molecular weight is 272 g/mol. The molecule has 0 saturated heterocycles. The number of rotatable bonds is 3. The van der Waals surface area contributed by atoms with Crippen molar-refractivity contribution in [2.45, 2.75) is 5.51 Å². The van der Waals surface area contributed by atoms with Gasteiger partial charge in [-0.15, -0.1) is 4.28 Å². The molecule has 0 amide bonds. The molecule has 0 radical (unpaired) electrons. The molecular formula is C7H5F3NO5S-. The summed E-state index contributed by atoms with van der Waals surface area (Å²) >= 11 is 0. The first-order valence-electron chi connectivity index (χ1n) is 4.01. The summed E-state index contributed by atoms with van der Waals surface area (Å²) in [6.45, 7) is -0.341. The molecule has 1 aliphatic rings. The SMILES string of the molecule is O=C([O-])C1=CN(OS(=O)(=O)C(F)(F)F)CC=C1. The lowest BCUT2D eigenvalue weighted by molar-refractivity contribution is -0.299. The fraction of sp³-hybridized carbons (Fsp3) is 0.286. The second kappa shape index (κ2) is 4.37. The second-order valence-electron chi connectivity index (χ2n) is 2.85. The van der Waals surface area contributed by atoms with Crippen LogP contribution in [0.3, 0.4) is 0 Å². The van der Waals surface area contributed by atoms with Crippen molar-refractivity contribution < 1.29 is 35.8 Å². The van der Waals surface area contributed by atoms with Gasteiger partial charge in [-0.25, -0.2) is 5.06 Å². The zero-order chi connectivity index (χ0) is 13.3. The molecule has 17 heavy (non-hydrogen) atoms. The molecule has 1 aliphatic heterocycles. The van der Waals surface area contributed by atoms with Gasteiger partial charge < -0.3 is 9.90 Å². The minimum absolute atomic E-state index is 0.230. The number of carboxylic acid groups (broad SMARTS) is 1. The van der Waals surface area contributed by atoms with E-state index >= 15 is 0 Å². The molecule has 96 valence electrons. The van der Waals surface area contributed by atoms with Crippen molar-refractivity contribution in [2.75, 3.05) is 6.54 Å². The summed E-state index contributed by atoms with van der Waals surface area (Å²) in [6.07, 6.45) is 2.74. The van der Waals surface area contributed by atoms with E-state index in [4.69, 9.17) is 0 Å². The van der Waals surface area contributed by atoms with Gasteiger partial charge in [-0.3, -0.25) is 0 Å². The molecule has 0 unspecified atom stereocenters. The smallest absolute Gasteiger partial charge is 0.525 e. The van der Waals surface area contributed by atoms with Crippen LogP contribution in [0.1, 0.15) is 0 Å². The number of carboxylic acids is 1. The molecule has 0 aliphatic carbocycles. The Morgan fingerprint density at radius 2 is 2.06 bits per heavy atom. The summed E-state index contributed by atoms with van der Waals surface area (Å²) in [5.41, 5.74) is -6.09. The van der Waals surface area contributed by atoms with Crippen LogP contribution in [0.2, 0.25) is 0 Å². The fourth-order valence-corrected chi connectivity index (χ4v) is 1.32. The van der Waals surface area contributed by atoms with E-state index < -0.39 is 27.2 Å². The number of halogens is 3. The highest BCUT2D eigenvalue weighted by Crippen LogP contribution is 2.26. The van der Waals surface area contributed by atoms with Crippen molar-refractivity contribution in [2.24, 2.45) is 0 Å². The van der Waals surface area contributed by atoms with Gasteiger partial charge in [0, 0.05) is 11.8 Å². The summed E-state index contributed by atoms with van der Waals surface area (Å²) in [7, 11) is -5.81. The molecule has 0 N–H and O–H groups in total. The number of hydroxylamine groups is 2. The van der Waals surface area contributed by atoms with Gasteiger partial charge in [-0.05, 0) is 0 Å². The molecule has 0 fully saturated rings. The van der Waals surface area contributed by atoms with Gasteiger partial charge in [0.05, 0.1) is 12.5 Å². The van der Waals surface area contributed by atoms with Crippen molar-refractivity contribution in [1.29, 1.82) is 0 Å². The van der Waals surface area contributed by atoms with Gasteiger partial charge >= 0.3 is 15.6 Å². The summed E-state index contributed by atoms with van der Waals surface area (Å²) < 4.78 is 60.7. The highest BCUT2D eigenvalue weighted by atomic mass is 32.2. The molecule has 0 bridgehead atoms. The highest BCUT2D eigenvalue weighted by molar-refractivity contribution is 7.87. The van der Waals surface area contributed by atoms with E-state index in [-0.39, 0.29) is 11.6 Å².